The Morgan fingerprint density at radius 1 is 0.885 bits per heavy atom. The van der Waals surface area contributed by atoms with Crippen molar-refractivity contribution in [3.63, 3.8) is 0 Å². The molecule has 15 nitrogen and oxygen atoms in total. The highest BCUT2D eigenvalue weighted by atomic mass is 16.5. The van der Waals surface area contributed by atoms with Crippen LogP contribution in [0.15, 0.2) is 54.6 Å². The first-order valence-electron chi connectivity index (χ1n) is 21.7. The van der Waals surface area contributed by atoms with E-state index < -0.39 is 65.2 Å². The summed E-state index contributed by atoms with van der Waals surface area (Å²) in [5, 5.41) is 14.8. The Morgan fingerprint density at radius 3 is 2.25 bits per heavy atom. The number of pyridine rings is 1. The number of amides is 6. The highest BCUT2D eigenvalue weighted by molar-refractivity contribution is 6.38. The SMILES string of the molecule is CCC[C@H](NC(=O)[C@@H]1C[C@@H](Oc2cc(-c3ccccc3)nc3cc(OC)ccc23)CN1C(=O)N[C@H](C(=O)N[C@H](C(=O)NC)C1CCCCC1)C(C)(C)C)C(=O)C(=O)NC1CC1. The summed E-state index contributed by atoms with van der Waals surface area (Å²) >= 11 is 0. The predicted molar refractivity (Wildman–Crippen MR) is 231 cm³/mol. The van der Waals surface area contributed by atoms with Crippen molar-refractivity contribution < 1.29 is 38.2 Å². The van der Waals surface area contributed by atoms with E-state index in [0.717, 1.165) is 50.5 Å². The first-order valence-corrected chi connectivity index (χ1v) is 21.7. The monoisotopic (exact) mass is 839 g/mol. The standard InChI is InChI=1S/C46H61N7O8/c1-7-14-33(39(54)43(57)48-29-19-20-29)50-41(55)36-24-31(61-37-25-34(27-15-10-8-11-16-27)49-35-23-30(60-6)21-22-32(35)37)26-53(36)45(59)52-40(46(2,3)4)44(58)51-38(42(56)47-5)28-17-12-9-13-18-28/h8,10-11,15-16,21-23,25,28-29,31,33,36,38,40H,7,9,12-14,17-20,24,26H2,1-6H3,(H,47,56)(H,48,57)(H,50,55)(H,51,58)(H,52,59)/t31-,33+,36+,38+,40-/m1/s1. The number of aromatic nitrogens is 1. The van der Waals surface area contributed by atoms with Gasteiger partial charge in [0, 0.05) is 42.6 Å². The molecule has 6 amide bonds. The quantitative estimate of drug-likeness (QED) is 0.126. The zero-order valence-electron chi connectivity index (χ0n) is 36.2. The number of nitrogens with one attached hydrogen (secondary N) is 5. The van der Waals surface area contributed by atoms with Crippen molar-refractivity contribution in [2.24, 2.45) is 11.3 Å². The number of nitrogens with zero attached hydrogens (tertiary/aromatic N) is 2. The molecule has 0 spiro atoms. The molecule has 2 aromatic carbocycles. The third-order valence-corrected chi connectivity index (χ3v) is 11.9. The summed E-state index contributed by atoms with van der Waals surface area (Å²) in [7, 11) is 3.11. The smallest absolute Gasteiger partial charge is 0.318 e. The molecule has 5 atom stereocenters. The number of likely N-dealkylation sites (N-methyl/N-ethyl adjacent to an activating group) is 1. The zero-order valence-corrected chi connectivity index (χ0v) is 36.2. The Kier molecular flexibility index (Phi) is 14.5. The van der Waals surface area contributed by atoms with E-state index in [1.165, 1.54) is 11.9 Å². The Bertz CT molecular complexity index is 2080. The Balaban J connectivity index is 1.30. The Hall–Kier alpha value is -5.73. The Morgan fingerprint density at radius 2 is 1.61 bits per heavy atom. The largest absolute Gasteiger partial charge is 0.497 e. The van der Waals surface area contributed by atoms with Crippen molar-refractivity contribution in [2.45, 2.75) is 128 Å². The predicted octanol–water partition coefficient (Wildman–Crippen LogP) is 4.80. The molecule has 3 fully saturated rings. The summed E-state index contributed by atoms with van der Waals surface area (Å²) in [5.41, 5.74) is 1.30. The number of fused-ring (bicyclic) bond motifs is 1. The van der Waals surface area contributed by atoms with E-state index in [9.17, 15) is 28.8 Å². The average Bonchev–Trinajstić information content (AvgIpc) is 3.98. The minimum absolute atomic E-state index is 0.0357. The van der Waals surface area contributed by atoms with Crippen LogP contribution in [0, 0.1) is 11.3 Å². The number of ketones is 1. The third-order valence-electron chi connectivity index (χ3n) is 11.9. The van der Waals surface area contributed by atoms with Gasteiger partial charge in [-0.15, -0.1) is 0 Å². The summed E-state index contributed by atoms with van der Waals surface area (Å²) in [6.07, 6.45) is 6.23. The van der Waals surface area contributed by atoms with Crippen LogP contribution in [0.1, 0.15) is 91.9 Å². The van der Waals surface area contributed by atoms with Gasteiger partial charge in [0.15, 0.2) is 0 Å². The molecule has 1 aromatic heterocycles. The minimum Gasteiger partial charge on any atom is -0.497 e. The molecule has 1 saturated heterocycles. The molecule has 61 heavy (non-hydrogen) atoms. The molecule has 2 heterocycles. The number of carbonyl (C=O) groups is 6. The van der Waals surface area contributed by atoms with Crippen molar-refractivity contribution in [1.29, 1.82) is 0 Å². The molecule has 0 radical (unpaired) electrons. The molecule has 328 valence electrons. The van der Waals surface area contributed by atoms with Crippen LogP contribution < -0.4 is 36.1 Å². The van der Waals surface area contributed by atoms with Crippen LogP contribution in [-0.2, 0) is 24.0 Å². The highest BCUT2D eigenvalue weighted by Gasteiger charge is 2.45. The summed E-state index contributed by atoms with van der Waals surface area (Å²) in [6, 6.07) is 12.0. The van der Waals surface area contributed by atoms with Crippen molar-refractivity contribution in [2.75, 3.05) is 20.7 Å². The molecule has 3 aromatic rings. The van der Waals surface area contributed by atoms with E-state index >= 15 is 0 Å². The van der Waals surface area contributed by atoms with Crippen LogP contribution in [0.2, 0.25) is 0 Å². The lowest BCUT2D eigenvalue weighted by Gasteiger charge is -2.36. The maximum Gasteiger partial charge on any atom is 0.318 e. The van der Waals surface area contributed by atoms with Gasteiger partial charge >= 0.3 is 6.03 Å². The summed E-state index contributed by atoms with van der Waals surface area (Å²) in [6.45, 7) is 7.24. The molecule has 2 aliphatic carbocycles. The van der Waals surface area contributed by atoms with Gasteiger partial charge in [-0.3, -0.25) is 24.0 Å². The van der Waals surface area contributed by atoms with Gasteiger partial charge in [-0.25, -0.2) is 9.78 Å². The molecule has 15 heteroatoms. The van der Waals surface area contributed by atoms with Gasteiger partial charge in [0.1, 0.15) is 35.7 Å². The second-order valence-corrected chi connectivity index (χ2v) is 17.6. The number of methoxy groups -OCH3 is 1. The number of likely N-dealkylation sites (tertiary alicyclic amines) is 1. The number of carbonyl (C=O) groups excluding carboxylic acids is 6. The lowest BCUT2D eigenvalue weighted by atomic mass is 9.82. The lowest BCUT2D eigenvalue weighted by molar-refractivity contribution is -0.140. The number of hydrogen-bond acceptors (Lipinski definition) is 9. The summed E-state index contributed by atoms with van der Waals surface area (Å²) in [5.74, 6) is -1.90. The molecular weight excluding hydrogens is 779 g/mol. The summed E-state index contributed by atoms with van der Waals surface area (Å²) in [4.78, 5) is 88.6. The fraction of sp³-hybridized carbons (Fsp3) is 0.543. The molecular formula is C46H61N7O8. The number of rotatable bonds is 16. The van der Waals surface area contributed by atoms with Gasteiger partial charge in [0.25, 0.3) is 5.91 Å². The van der Waals surface area contributed by atoms with Gasteiger partial charge in [-0.2, -0.15) is 0 Å². The van der Waals surface area contributed by atoms with E-state index in [1.54, 1.807) is 13.2 Å². The fourth-order valence-electron chi connectivity index (χ4n) is 8.30. The van der Waals surface area contributed by atoms with Gasteiger partial charge in [-0.05, 0) is 55.6 Å². The van der Waals surface area contributed by atoms with E-state index in [-0.39, 0.29) is 37.3 Å². The molecule has 5 N–H and O–H groups in total. The zero-order chi connectivity index (χ0) is 43.8. The number of ether oxygens (including phenoxy) is 2. The van der Waals surface area contributed by atoms with Gasteiger partial charge < -0.3 is 41.0 Å². The van der Waals surface area contributed by atoms with Crippen molar-refractivity contribution >= 4 is 46.3 Å². The maximum absolute atomic E-state index is 14.6. The van der Waals surface area contributed by atoms with Crippen LogP contribution >= 0.6 is 0 Å². The van der Waals surface area contributed by atoms with Crippen LogP contribution in [0.4, 0.5) is 4.79 Å². The molecule has 1 aliphatic heterocycles. The third kappa shape index (κ3) is 11.2. The topological polar surface area (TPSA) is 197 Å². The van der Waals surface area contributed by atoms with Gasteiger partial charge in [-0.1, -0.05) is 83.7 Å². The van der Waals surface area contributed by atoms with Crippen molar-refractivity contribution in [3.8, 4) is 22.8 Å². The van der Waals surface area contributed by atoms with Crippen molar-refractivity contribution in [1.82, 2.24) is 36.5 Å². The molecule has 6 rings (SSSR count). The first-order chi connectivity index (χ1) is 29.2. The second kappa shape index (κ2) is 19.8. The van der Waals surface area contributed by atoms with E-state index in [1.807, 2.05) is 76.2 Å². The van der Waals surface area contributed by atoms with Crippen LogP contribution in [0.5, 0.6) is 11.5 Å². The average molecular weight is 840 g/mol. The van der Waals surface area contributed by atoms with Gasteiger partial charge in [0.2, 0.25) is 23.5 Å². The first kappa shape index (κ1) is 44.8. The molecule has 2 saturated carbocycles. The van der Waals surface area contributed by atoms with E-state index in [4.69, 9.17) is 14.5 Å². The number of Topliss-reactive ketones (excluding diaryl/α,β-unsaturated/α-hetero) is 1. The van der Waals surface area contributed by atoms with E-state index in [2.05, 4.69) is 26.6 Å². The molecule has 0 bridgehead atoms. The number of urea groups is 1. The molecule has 0 unspecified atom stereocenters. The Labute approximate surface area is 357 Å². The van der Waals surface area contributed by atoms with Crippen molar-refractivity contribution in [3.05, 3.63) is 54.6 Å². The lowest BCUT2D eigenvalue weighted by Crippen LogP contribution is -2.62. The van der Waals surface area contributed by atoms with Crippen LogP contribution in [0.25, 0.3) is 22.2 Å². The number of hydrogen-bond donors (Lipinski definition) is 5. The fourth-order valence-corrected chi connectivity index (χ4v) is 8.30. The van der Waals surface area contributed by atoms with Crippen LogP contribution in [0.3, 0.4) is 0 Å². The highest BCUT2D eigenvalue weighted by Crippen LogP contribution is 2.35. The molecule has 3 aliphatic rings. The van der Waals surface area contributed by atoms with Crippen LogP contribution in [-0.4, -0.2) is 102 Å². The summed E-state index contributed by atoms with van der Waals surface area (Å²) < 4.78 is 12.2. The normalized spacial score (nSPS) is 19.5. The second-order valence-electron chi connectivity index (χ2n) is 17.6. The maximum atomic E-state index is 14.6. The van der Waals surface area contributed by atoms with E-state index in [0.29, 0.717) is 34.5 Å². The van der Waals surface area contributed by atoms with Gasteiger partial charge in [0.05, 0.1) is 30.9 Å². The number of benzene rings is 2. The minimum atomic E-state index is -1.14.